The fourth-order valence-corrected chi connectivity index (χ4v) is 4.07. The number of pyridine rings is 2. The van der Waals surface area contributed by atoms with Crippen LogP contribution in [0.25, 0.3) is 0 Å². The average Bonchev–Trinajstić information content (AvgIpc) is 2.61. The molecule has 1 fully saturated rings. The third kappa shape index (κ3) is 4.82. The maximum absolute atomic E-state index is 5.57. The van der Waals surface area contributed by atoms with Crippen LogP contribution in [-0.4, -0.2) is 34.6 Å². The molecule has 140 valence electrons. The molecule has 0 amide bonds. The summed E-state index contributed by atoms with van der Waals surface area (Å²) >= 11 is 0. The van der Waals surface area contributed by atoms with Gasteiger partial charge in [-0.2, -0.15) is 0 Å². The number of nitrogens with zero attached hydrogens (tertiary/aromatic N) is 3. The molecule has 2 atom stereocenters. The van der Waals surface area contributed by atoms with E-state index in [9.17, 15) is 0 Å². The van der Waals surface area contributed by atoms with Crippen LogP contribution in [0.15, 0.2) is 30.3 Å². The predicted molar refractivity (Wildman–Crippen MR) is 106 cm³/mol. The largest absolute Gasteiger partial charge is 0.478 e. The van der Waals surface area contributed by atoms with Crippen LogP contribution in [0.1, 0.15) is 55.4 Å². The molecule has 1 aliphatic heterocycles. The lowest BCUT2D eigenvalue weighted by molar-refractivity contribution is 0.128. The Kier molecular flexibility index (Phi) is 6.25. The van der Waals surface area contributed by atoms with E-state index in [0.717, 1.165) is 42.5 Å². The Hall–Kier alpha value is -1.94. The van der Waals surface area contributed by atoms with Crippen molar-refractivity contribution in [2.75, 3.05) is 19.7 Å². The van der Waals surface area contributed by atoms with E-state index in [-0.39, 0.29) is 0 Å². The number of hydrogen-bond acceptors (Lipinski definition) is 4. The standard InChI is InChI=1S/C22H31N3O/c1-5-26-22-10-6-9-21(24-22)18(4)25-11-7-8-19(15-25)14-20-12-16(2)23-17(3)13-20/h6,9-10,12-13,18-19H,5,7-8,11,14-15H2,1-4H3/t18-,19-/m1/s1. The van der Waals surface area contributed by atoms with Crippen molar-refractivity contribution < 1.29 is 4.74 Å². The zero-order valence-corrected chi connectivity index (χ0v) is 16.5. The summed E-state index contributed by atoms with van der Waals surface area (Å²) in [6.07, 6.45) is 3.69. The van der Waals surface area contributed by atoms with Crippen molar-refractivity contribution in [1.29, 1.82) is 0 Å². The quantitative estimate of drug-likeness (QED) is 0.766. The minimum atomic E-state index is 0.319. The number of piperidine rings is 1. The number of aryl methyl sites for hydroxylation is 2. The minimum absolute atomic E-state index is 0.319. The fraction of sp³-hybridized carbons (Fsp3) is 0.545. The number of hydrogen-bond donors (Lipinski definition) is 0. The number of likely N-dealkylation sites (tertiary alicyclic amines) is 1. The van der Waals surface area contributed by atoms with Crippen LogP contribution in [0.3, 0.4) is 0 Å². The Balaban J connectivity index is 1.66. The Morgan fingerprint density at radius 2 is 1.96 bits per heavy atom. The highest BCUT2D eigenvalue weighted by atomic mass is 16.5. The molecule has 4 heteroatoms. The zero-order valence-electron chi connectivity index (χ0n) is 16.5. The van der Waals surface area contributed by atoms with Crippen molar-refractivity contribution in [2.24, 2.45) is 5.92 Å². The summed E-state index contributed by atoms with van der Waals surface area (Å²) in [5.41, 5.74) is 4.77. The van der Waals surface area contributed by atoms with E-state index < -0.39 is 0 Å². The lowest BCUT2D eigenvalue weighted by Gasteiger charge is -2.36. The Bertz CT molecular complexity index is 711. The van der Waals surface area contributed by atoms with E-state index in [4.69, 9.17) is 9.72 Å². The molecule has 0 N–H and O–H groups in total. The van der Waals surface area contributed by atoms with Gasteiger partial charge in [0.25, 0.3) is 0 Å². The lowest BCUT2D eigenvalue weighted by Crippen LogP contribution is -2.38. The normalized spacial score (nSPS) is 19.3. The molecule has 0 aliphatic carbocycles. The molecule has 0 unspecified atom stereocenters. The second kappa shape index (κ2) is 8.63. The Labute approximate surface area is 157 Å². The van der Waals surface area contributed by atoms with E-state index in [2.05, 4.69) is 48.9 Å². The molecule has 1 aliphatic rings. The van der Waals surface area contributed by atoms with Crippen molar-refractivity contribution in [1.82, 2.24) is 14.9 Å². The van der Waals surface area contributed by atoms with Crippen molar-refractivity contribution in [3.8, 4) is 5.88 Å². The van der Waals surface area contributed by atoms with Gasteiger partial charge in [0, 0.05) is 30.0 Å². The van der Waals surface area contributed by atoms with Crippen LogP contribution in [0.4, 0.5) is 0 Å². The van der Waals surface area contributed by atoms with Gasteiger partial charge in [-0.05, 0) is 83.2 Å². The van der Waals surface area contributed by atoms with Gasteiger partial charge in [0.15, 0.2) is 0 Å². The third-order valence-corrected chi connectivity index (χ3v) is 5.23. The zero-order chi connectivity index (χ0) is 18.5. The number of aromatic nitrogens is 2. The SMILES string of the molecule is CCOc1cccc([C@@H](C)N2CCC[C@H](Cc3cc(C)nc(C)c3)C2)n1. The van der Waals surface area contributed by atoms with Gasteiger partial charge in [-0.25, -0.2) is 4.98 Å². The molecule has 4 nitrogen and oxygen atoms in total. The van der Waals surface area contributed by atoms with Gasteiger partial charge < -0.3 is 4.74 Å². The van der Waals surface area contributed by atoms with Gasteiger partial charge in [-0.1, -0.05) is 6.07 Å². The van der Waals surface area contributed by atoms with Crippen molar-refractivity contribution >= 4 is 0 Å². The van der Waals surface area contributed by atoms with Crippen LogP contribution in [0.5, 0.6) is 5.88 Å². The van der Waals surface area contributed by atoms with E-state index in [0.29, 0.717) is 18.6 Å². The summed E-state index contributed by atoms with van der Waals surface area (Å²) in [6, 6.07) is 10.9. The Morgan fingerprint density at radius 3 is 2.69 bits per heavy atom. The first-order valence-corrected chi connectivity index (χ1v) is 9.83. The van der Waals surface area contributed by atoms with Gasteiger partial charge in [0.05, 0.1) is 12.3 Å². The highest BCUT2D eigenvalue weighted by Gasteiger charge is 2.25. The van der Waals surface area contributed by atoms with Crippen molar-refractivity contribution in [2.45, 2.75) is 53.0 Å². The summed E-state index contributed by atoms with van der Waals surface area (Å²) < 4.78 is 5.57. The molecule has 0 saturated carbocycles. The highest BCUT2D eigenvalue weighted by Crippen LogP contribution is 2.28. The van der Waals surface area contributed by atoms with Crippen LogP contribution < -0.4 is 4.74 Å². The summed E-state index contributed by atoms with van der Waals surface area (Å²) in [5, 5.41) is 0. The smallest absolute Gasteiger partial charge is 0.213 e. The summed E-state index contributed by atoms with van der Waals surface area (Å²) in [7, 11) is 0. The van der Waals surface area contributed by atoms with Gasteiger partial charge in [-0.3, -0.25) is 9.88 Å². The first-order valence-electron chi connectivity index (χ1n) is 9.83. The van der Waals surface area contributed by atoms with Gasteiger partial charge >= 0.3 is 0 Å². The van der Waals surface area contributed by atoms with Crippen LogP contribution >= 0.6 is 0 Å². The molecule has 2 aromatic rings. The molecular formula is C22H31N3O. The molecule has 3 heterocycles. The Morgan fingerprint density at radius 1 is 1.19 bits per heavy atom. The third-order valence-electron chi connectivity index (χ3n) is 5.23. The highest BCUT2D eigenvalue weighted by molar-refractivity contribution is 5.21. The lowest BCUT2D eigenvalue weighted by atomic mass is 9.90. The maximum Gasteiger partial charge on any atom is 0.213 e. The van der Waals surface area contributed by atoms with Gasteiger partial charge in [0.2, 0.25) is 5.88 Å². The van der Waals surface area contributed by atoms with E-state index in [1.54, 1.807) is 0 Å². The monoisotopic (exact) mass is 353 g/mol. The molecule has 0 radical (unpaired) electrons. The number of rotatable bonds is 6. The van der Waals surface area contributed by atoms with E-state index in [1.807, 2.05) is 19.1 Å². The average molecular weight is 354 g/mol. The summed E-state index contributed by atoms with van der Waals surface area (Å²) in [5.74, 6) is 1.43. The second-order valence-corrected chi connectivity index (χ2v) is 7.48. The van der Waals surface area contributed by atoms with Crippen LogP contribution in [0, 0.1) is 19.8 Å². The maximum atomic E-state index is 5.57. The molecule has 0 spiro atoms. The first-order chi connectivity index (χ1) is 12.5. The van der Waals surface area contributed by atoms with Crippen LogP contribution in [0.2, 0.25) is 0 Å². The fourth-order valence-electron chi connectivity index (χ4n) is 4.07. The minimum Gasteiger partial charge on any atom is -0.478 e. The van der Waals surface area contributed by atoms with Crippen molar-refractivity contribution in [3.63, 3.8) is 0 Å². The molecule has 1 saturated heterocycles. The molecule has 0 aromatic carbocycles. The molecule has 0 bridgehead atoms. The molecular weight excluding hydrogens is 322 g/mol. The van der Waals surface area contributed by atoms with E-state index in [1.165, 1.54) is 18.4 Å². The topological polar surface area (TPSA) is 38.2 Å². The van der Waals surface area contributed by atoms with Crippen LogP contribution in [-0.2, 0) is 6.42 Å². The summed E-state index contributed by atoms with van der Waals surface area (Å²) in [4.78, 5) is 11.8. The van der Waals surface area contributed by atoms with Gasteiger partial charge in [-0.15, -0.1) is 0 Å². The molecule has 3 rings (SSSR count). The van der Waals surface area contributed by atoms with Gasteiger partial charge in [0.1, 0.15) is 0 Å². The number of ether oxygens (including phenoxy) is 1. The summed E-state index contributed by atoms with van der Waals surface area (Å²) in [6.45, 7) is 11.4. The first kappa shape index (κ1) is 18.8. The van der Waals surface area contributed by atoms with E-state index >= 15 is 0 Å². The predicted octanol–water partition coefficient (Wildman–Crippen LogP) is 4.51. The molecule has 26 heavy (non-hydrogen) atoms. The molecule has 2 aromatic heterocycles. The van der Waals surface area contributed by atoms with Crippen molar-refractivity contribution in [3.05, 3.63) is 53.0 Å². The second-order valence-electron chi connectivity index (χ2n) is 7.48.